The van der Waals surface area contributed by atoms with Gasteiger partial charge in [-0.15, -0.1) is 0 Å². The fraction of sp³-hybridized carbons (Fsp3) is 0.571. The second-order valence-corrected chi connectivity index (χ2v) is 11.8. The van der Waals surface area contributed by atoms with Gasteiger partial charge >= 0.3 is 11.9 Å². The van der Waals surface area contributed by atoms with E-state index >= 15 is 0 Å². The second kappa shape index (κ2) is 10.9. The number of halogens is 1. The molecule has 4 rings (SSSR count). The first-order chi connectivity index (χ1) is 17.4. The molecule has 1 aromatic heterocycles. The van der Waals surface area contributed by atoms with Crippen LogP contribution < -0.4 is 5.32 Å². The Morgan fingerprint density at radius 3 is 2.49 bits per heavy atom. The van der Waals surface area contributed by atoms with Gasteiger partial charge in [0.25, 0.3) is 0 Å². The van der Waals surface area contributed by atoms with Crippen molar-refractivity contribution in [2.75, 3.05) is 5.32 Å². The van der Waals surface area contributed by atoms with Crippen LogP contribution in [0.15, 0.2) is 22.7 Å². The number of carbonyl (C=O) groups is 3. The number of hydrogen-bond acceptors (Lipinski definition) is 5. The Bertz CT molecular complexity index is 1180. The lowest BCUT2D eigenvalue weighted by Crippen LogP contribution is -2.32. The van der Waals surface area contributed by atoms with Crippen molar-refractivity contribution in [3.63, 3.8) is 0 Å². The number of nitrogens with one attached hydrogen (secondary N) is 1. The average molecular weight is 531 g/mol. The smallest absolute Gasteiger partial charge is 0.309 e. The maximum atomic E-state index is 13.0. The zero-order valence-electron chi connectivity index (χ0n) is 21.6. The summed E-state index contributed by atoms with van der Waals surface area (Å²) in [5.41, 5.74) is 2.46. The first-order valence-electron chi connectivity index (χ1n) is 12.9. The van der Waals surface area contributed by atoms with Crippen LogP contribution in [0.5, 0.6) is 0 Å². The summed E-state index contributed by atoms with van der Waals surface area (Å²) in [6, 6.07) is 5.39. The standard InChI is InChI=1S/C28H35ClN2O6/c1-15-4-8-21(20(29)10-15)30-22(32)13-18(7-9-23(33)34)25-24(17-5-6-17)26(37-31-25)19-11-16(12-19)14-28(2,3)27(35)36/h4,8,10,16-19H,5-7,9,11-14H2,1-3H3,(H,30,32)(H,33,34)(H,35,36)/t16-,18-,19+/m0/s1. The Balaban J connectivity index is 1.50. The summed E-state index contributed by atoms with van der Waals surface area (Å²) in [6.07, 6.45) is 4.60. The Morgan fingerprint density at radius 1 is 1.19 bits per heavy atom. The van der Waals surface area contributed by atoms with E-state index in [2.05, 4.69) is 10.5 Å². The molecule has 0 saturated heterocycles. The molecule has 3 N–H and O–H groups in total. The summed E-state index contributed by atoms with van der Waals surface area (Å²) in [5.74, 6) is -0.731. The third kappa shape index (κ3) is 6.53. The van der Waals surface area contributed by atoms with Crippen molar-refractivity contribution >= 4 is 35.1 Å². The molecular weight excluding hydrogens is 496 g/mol. The zero-order chi connectivity index (χ0) is 26.9. The van der Waals surface area contributed by atoms with Gasteiger partial charge in [0.1, 0.15) is 5.76 Å². The van der Waals surface area contributed by atoms with Gasteiger partial charge in [-0.3, -0.25) is 14.4 Å². The maximum Gasteiger partial charge on any atom is 0.309 e. The van der Waals surface area contributed by atoms with Crippen molar-refractivity contribution in [3.05, 3.63) is 45.8 Å². The number of anilines is 1. The molecule has 9 heteroatoms. The van der Waals surface area contributed by atoms with Crippen molar-refractivity contribution in [2.24, 2.45) is 11.3 Å². The van der Waals surface area contributed by atoms with E-state index in [0.717, 1.165) is 42.6 Å². The number of amides is 1. The second-order valence-electron chi connectivity index (χ2n) is 11.4. The fourth-order valence-corrected chi connectivity index (χ4v) is 5.68. The lowest BCUT2D eigenvalue weighted by Gasteiger charge is -2.37. The van der Waals surface area contributed by atoms with Crippen LogP contribution in [-0.4, -0.2) is 33.2 Å². The molecular formula is C28H35ClN2O6. The minimum absolute atomic E-state index is 0.0727. The van der Waals surface area contributed by atoms with Crippen LogP contribution in [0.1, 0.15) is 106 Å². The highest BCUT2D eigenvalue weighted by molar-refractivity contribution is 6.33. The Kier molecular flexibility index (Phi) is 7.97. The van der Waals surface area contributed by atoms with Crippen LogP contribution in [0.4, 0.5) is 5.69 Å². The van der Waals surface area contributed by atoms with Crippen LogP contribution in [0.2, 0.25) is 5.02 Å². The van der Waals surface area contributed by atoms with Gasteiger partial charge in [0.15, 0.2) is 0 Å². The highest BCUT2D eigenvalue weighted by Crippen LogP contribution is 2.53. The predicted octanol–water partition coefficient (Wildman–Crippen LogP) is 6.49. The first-order valence-corrected chi connectivity index (χ1v) is 13.3. The third-order valence-corrected chi connectivity index (χ3v) is 7.99. The Morgan fingerprint density at radius 2 is 1.89 bits per heavy atom. The van der Waals surface area contributed by atoms with Gasteiger partial charge in [0, 0.05) is 30.2 Å². The normalized spacial score (nSPS) is 20.2. The van der Waals surface area contributed by atoms with E-state index in [9.17, 15) is 24.6 Å². The molecule has 2 aliphatic carbocycles. The number of benzene rings is 1. The third-order valence-electron chi connectivity index (χ3n) is 7.68. The number of carbonyl (C=O) groups excluding carboxylic acids is 1. The quantitative estimate of drug-likeness (QED) is 0.286. The van der Waals surface area contributed by atoms with Crippen molar-refractivity contribution in [3.8, 4) is 0 Å². The summed E-state index contributed by atoms with van der Waals surface area (Å²) in [7, 11) is 0. The van der Waals surface area contributed by atoms with E-state index in [1.165, 1.54) is 0 Å². The monoisotopic (exact) mass is 530 g/mol. The summed E-state index contributed by atoms with van der Waals surface area (Å²) >= 11 is 6.28. The minimum Gasteiger partial charge on any atom is -0.481 e. The minimum atomic E-state index is -0.924. The number of aryl methyl sites for hydroxylation is 1. The van der Waals surface area contributed by atoms with Crippen molar-refractivity contribution < 1.29 is 29.1 Å². The van der Waals surface area contributed by atoms with Crippen LogP contribution in [0.25, 0.3) is 0 Å². The van der Waals surface area contributed by atoms with E-state index in [-0.39, 0.29) is 31.1 Å². The van der Waals surface area contributed by atoms with Gasteiger partial charge in [0.05, 0.1) is 21.8 Å². The highest BCUT2D eigenvalue weighted by atomic mass is 35.5. The fourth-order valence-electron chi connectivity index (χ4n) is 5.40. The average Bonchev–Trinajstić information content (AvgIpc) is 3.53. The Hall–Kier alpha value is -2.87. The molecule has 2 aliphatic rings. The highest BCUT2D eigenvalue weighted by Gasteiger charge is 2.43. The molecule has 2 fully saturated rings. The van der Waals surface area contributed by atoms with Crippen LogP contribution in [-0.2, 0) is 14.4 Å². The maximum absolute atomic E-state index is 13.0. The number of carboxylic acids is 2. The Labute approximate surface area is 221 Å². The zero-order valence-corrected chi connectivity index (χ0v) is 22.3. The molecule has 2 saturated carbocycles. The number of aromatic nitrogens is 1. The molecule has 0 unspecified atom stereocenters. The van der Waals surface area contributed by atoms with Crippen LogP contribution in [0, 0.1) is 18.3 Å². The summed E-state index contributed by atoms with van der Waals surface area (Å²) in [5, 5.41) is 26.5. The van der Waals surface area contributed by atoms with Crippen LogP contribution >= 0.6 is 11.6 Å². The van der Waals surface area contributed by atoms with Gasteiger partial charge in [-0.25, -0.2) is 0 Å². The molecule has 0 aliphatic heterocycles. The summed E-state index contributed by atoms with van der Waals surface area (Å²) < 4.78 is 5.88. The van der Waals surface area contributed by atoms with Crippen molar-refractivity contribution in [2.45, 2.75) is 89.9 Å². The SMILES string of the molecule is Cc1ccc(NC(=O)C[C@H](CCC(=O)O)c2noc([C@H]3C[C@@H](CC(C)(C)C(=O)O)C3)c2C2CC2)c(Cl)c1. The number of nitrogens with zero attached hydrogens (tertiary/aromatic N) is 1. The largest absolute Gasteiger partial charge is 0.481 e. The molecule has 1 heterocycles. The predicted molar refractivity (Wildman–Crippen MR) is 139 cm³/mol. The van der Waals surface area contributed by atoms with Gasteiger partial charge < -0.3 is 20.1 Å². The topological polar surface area (TPSA) is 130 Å². The van der Waals surface area contributed by atoms with Gasteiger partial charge in [-0.05, 0) is 88.8 Å². The molecule has 1 amide bonds. The lowest BCUT2D eigenvalue weighted by molar-refractivity contribution is -0.148. The van der Waals surface area contributed by atoms with Crippen LogP contribution in [0.3, 0.4) is 0 Å². The van der Waals surface area contributed by atoms with Crippen molar-refractivity contribution in [1.82, 2.24) is 5.16 Å². The van der Waals surface area contributed by atoms with E-state index in [1.807, 2.05) is 13.0 Å². The van der Waals surface area contributed by atoms with Gasteiger partial charge in [-0.1, -0.05) is 22.8 Å². The van der Waals surface area contributed by atoms with Crippen molar-refractivity contribution in [1.29, 1.82) is 0 Å². The molecule has 0 radical (unpaired) electrons. The molecule has 8 nitrogen and oxygen atoms in total. The molecule has 37 heavy (non-hydrogen) atoms. The van der Waals surface area contributed by atoms with Gasteiger partial charge in [0.2, 0.25) is 5.91 Å². The molecule has 0 bridgehead atoms. The van der Waals surface area contributed by atoms with E-state index in [0.29, 0.717) is 34.7 Å². The molecule has 0 spiro atoms. The number of rotatable bonds is 12. The number of hydrogen-bond donors (Lipinski definition) is 3. The summed E-state index contributed by atoms with van der Waals surface area (Å²) in [6.45, 7) is 5.43. The molecule has 2 aromatic rings. The van der Waals surface area contributed by atoms with E-state index in [4.69, 9.17) is 16.1 Å². The number of aliphatic carboxylic acids is 2. The lowest BCUT2D eigenvalue weighted by atomic mass is 9.66. The van der Waals surface area contributed by atoms with Gasteiger partial charge in [-0.2, -0.15) is 0 Å². The molecule has 200 valence electrons. The molecule has 1 aromatic carbocycles. The van der Waals surface area contributed by atoms with E-state index < -0.39 is 23.3 Å². The molecule has 1 atom stereocenters. The first kappa shape index (κ1) is 27.2. The number of carboxylic acid groups (broad SMARTS) is 2. The summed E-state index contributed by atoms with van der Waals surface area (Å²) in [4.78, 5) is 35.9. The van der Waals surface area contributed by atoms with E-state index in [1.54, 1.807) is 26.0 Å².